The van der Waals surface area contributed by atoms with Gasteiger partial charge in [-0.05, 0) is 24.3 Å². The molecule has 6 nitrogen and oxygen atoms in total. The van der Waals surface area contributed by atoms with Crippen LogP contribution in [-0.4, -0.2) is 31.5 Å². The topological polar surface area (TPSA) is 94.0 Å². The van der Waals surface area contributed by atoms with Gasteiger partial charge in [-0.25, -0.2) is 0 Å². The molecule has 7 heteroatoms. The molecule has 0 spiro atoms. The quantitative estimate of drug-likeness (QED) is 0.795. The Labute approximate surface area is 108 Å². The smallest absolute Gasteiger partial charge is 0.227 e. The van der Waals surface area contributed by atoms with Crippen LogP contribution in [0.3, 0.4) is 0 Å². The number of aromatic hydroxyl groups is 1. The molecule has 0 bridgehead atoms. The van der Waals surface area contributed by atoms with E-state index in [9.17, 15) is 9.90 Å². The zero-order chi connectivity index (χ0) is 13.1. The lowest BCUT2D eigenvalue weighted by Gasteiger charge is -2.03. The number of nitrogens with two attached hydrogens (primary N) is 1. The van der Waals surface area contributed by atoms with E-state index in [0.717, 1.165) is 5.56 Å². The van der Waals surface area contributed by atoms with E-state index in [1.54, 1.807) is 28.8 Å². The molecule has 1 heterocycles. The van der Waals surface area contributed by atoms with Crippen LogP contribution in [0.25, 0.3) is 11.4 Å². The molecule has 0 radical (unpaired) electrons. The van der Waals surface area contributed by atoms with Crippen molar-refractivity contribution < 1.29 is 9.90 Å². The highest BCUT2D eigenvalue weighted by Crippen LogP contribution is 2.23. The summed E-state index contributed by atoms with van der Waals surface area (Å²) >= 11 is 1.24. The van der Waals surface area contributed by atoms with Crippen LogP contribution in [0.4, 0.5) is 0 Å². The van der Waals surface area contributed by atoms with Crippen LogP contribution in [0.5, 0.6) is 5.75 Å². The molecular formula is C11H12N4O2S. The number of aromatic nitrogens is 3. The molecule has 0 aliphatic rings. The van der Waals surface area contributed by atoms with E-state index < -0.39 is 5.91 Å². The third kappa shape index (κ3) is 2.62. The SMILES string of the molecule is Cn1c(SCC(N)=O)nnc1-c1ccc(O)cc1. The van der Waals surface area contributed by atoms with Crippen LogP contribution in [0.2, 0.25) is 0 Å². The van der Waals surface area contributed by atoms with Crippen LogP contribution < -0.4 is 5.73 Å². The second-order valence-electron chi connectivity index (χ2n) is 3.67. The summed E-state index contributed by atoms with van der Waals surface area (Å²) in [6, 6.07) is 6.67. The van der Waals surface area contributed by atoms with Crippen molar-refractivity contribution in [2.45, 2.75) is 5.16 Å². The van der Waals surface area contributed by atoms with Crippen LogP contribution in [-0.2, 0) is 11.8 Å². The summed E-state index contributed by atoms with van der Waals surface area (Å²) in [6.07, 6.45) is 0. The predicted octanol–water partition coefficient (Wildman–Crippen LogP) is 0.765. The van der Waals surface area contributed by atoms with Crippen molar-refractivity contribution >= 4 is 17.7 Å². The summed E-state index contributed by atoms with van der Waals surface area (Å²) < 4.78 is 1.78. The number of hydrogen-bond acceptors (Lipinski definition) is 5. The molecule has 1 aromatic heterocycles. The van der Waals surface area contributed by atoms with Gasteiger partial charge in [0.1, 0.15) is 5.75 Å². The minimum atomic E-state index is -0.394. The molecule has 1 amide bonds. The first-order valence-electron chi connectivity index (χ1n) is 5.18. The number of amides is 1. The van der Waals surface area contributed by atoms with Crippen molar-refractivity contribution in [3.05, 3.63) is 24.3 Å². The summed E-state index contributed by atoms with van der Waals surface area (Å²) in [7, 11) is 1.81. The molecule has 0 aliphatic heterocycles. The number of nitrogens with zero attached hydrogens (tertiary/aromatic N) is 3. The first-order chi connectivity index (χ1) is 8.58. The number of carbonyl (C=O) groups is 1. The van der Waals surface area contributed by atoms with Crippen LogP contribution in [0, 0.1) is 0 Å². The monoisotopic (exact) mass is 264 g/mol. The third-order valence-corrected chi connectivity index (χ3v) is 3.35. The molecule has 0 saturated carbocycles. The highest BCUT2D eigenvalue weighted by Gasteiger charge is 2.11. The van der Waals surface area contributed by atoms with E-state index in [0.29, 0.717) is 11.0 Å². The van der Waals surface area contributed by atoms with E-state index >= 15 is 0 Å². The molecule has 0 unspecified atom stereocenters. The van der Waals surface area contributed by atoms with E-state index in [1.807, 2.05) is 7.05 Å². The predicted molar refractivity (Wildman–Crippen MR) is 68.0 cm³/mol. The van der Waals surface area contributed by atoms with Crippen LogP contribution in [0.15, 0.2) is 29.4 Å². The lowest BCUT2D eigenvalue weighted by atomic mass is 10.2. The molecule has 0 fully saturated rings. The first kappa shape index (κ1) is 12.4. The van der Waals surface area contributed by atoms with Crippen molar-refractivity contribution in [3.8, 4) is 17.1 Å². The van der Waals surface area contributed by atoms with Crippen LogP contribution >= 0.6 is 11.8 Å². The van der Waals surface area contributed by atoms with Crippen molar-refractivity contribution in [2.24, 2.45) is 12.8 Å². The second kappa shape index (κ2) is 5.09. The van der Waals surface area contributed by atoms with Gasteiger partial charge >= 0.3 is 0 Å². The van der Waals surface area contributed by atoms with Crippen molar-refractivity contribution in [2.75, 3.05) is 5.75 Å². The summed E-state index contributed by atoms with van der Waals surface area (Å²) in [5, 5.41) is 17.9. The highest BCUT2D eigenvalue weighted by atomic mass is 32.2. The van der Waals surface area contributed by atoms with Gasteiger partial charge in [-0.2, -0.15) is 0 Å². The maximum Gasteiger partial charge on any atom is 0.227 e. The summed E-state index contributed by atoms with van der Waals surface area (Å²) in [5.41, 5.74) is 5.92. The molecule has 0 saturated heterocycles. The number of carbonyl (C=O) groups excluding carboxylic acids is 1. The van der Waals surface area contributed by atoms with Gasteiger partial charge in [-0.15, -0.1) is 10.2 Å². The Morgan fingerprint density at radius 2 is 2.06 bits per heavy atom. The van der Waals surface area contributed by atoms with Gasteiger partial charge < -0.3 is 15.4 Å². The van der Waals surface area contributed by atoms with Gasteiger partial charge in [-0.1, -0.05) is 11.8 Å². The first-order valence-corrected chi connectivity index (χ1v) is 6.16. The number of phenolic OH excluding ortho intramolecular Hbond substituents is 1. The van der Waals surface area contributed by atoms with E-state index in [1.165, 1.54) is 11.8 Å². The largest absolute Gasteiger partial charge is 0.508 e. The van der Waals surface area contributed by atoms with Gasteiger partial charge in [0.25, 0.3) is 0 Å². The Bertz CT molecular complexity index is 565. The number of rotatable bonds is 4. The normalized spacial score (nSPS) is 10.5. The molecular weight excluding hydrogens is 252 g/mol. The molecule has 0 atom stereocenters. The fourth-order valence-corrected chi connectivity index (χ4v) is 2.09. The zero-order valence-electron chi connectivity index (χ0n) is 9.70. The molecule has 1 aromatic carbocycles. The molecule has 2 aromatic rings. The van der Waals surface area contributed by atoms with Crippen LogP contribution in [0.1, 0.15) is 0 Å². The number of benzene rings is 1. The molecule has 3 N–H and O–H groups in total. The number of thioether (sulfide) groups is 1. The van der Waals surface area contributed by atoms with Gasteiger partial charge in [-0.3, -0.25) is 4.79 Å². The van der Waals surface area contributed by atoms with Gasteiger partial charge in [0, 0.05) is 12.6 Å². The minimum Gasteiger partial charge on any atom is -0.508 e. The summed E-state index contributed by atoms with van der Waals surface area (Å²) in [5.74, 6) is 0.641. The number of primary amides is 1. The number of hydrogen-bond donors (Lipinski definition) is 2. The average Bonchev–Trinajstić information content (AvgIpc) is 2.69. The highest BCUT2D eigenvalue weighted by molar-refractivity contribution is 7.99. The van der Waals surface area contributed by atoms with Gasteiger partial charge in [0.05, 0.1) is 5.75 Å². The molecule has 94 valence electrons. The fraction of sp³-hybridized carbons (Fsp3) is 0.182. The zero-order valence-corrected chi connectivity index (χ0v) is 10.5. The Morgan fingerprint density at radius 3 is 2.67 bits per heavy atom. The van der Waals surface area contributed by atoms with Gasteiger partial charge in [0.15, 0.2) is 11.0 Å². The fourth-order valence-electron chi connectivity index (χ4n) is 1.44. The summed E-state index contributed by atoms with van der Waals surface area (Å²) in [6.45, 7) is 0. The molecule has 2 rings (SSSR count). The Kier molecular flexibility index (Phi) is 3.52. The third-order valence-electron chi connectivity index (χ3n) is 2.30. The minimum absolute atomic E-state index is 0.168. The lowest BCUT2D eigenvalue weighted by molar-refractivity contribution is -0.115. The lowest BCUT2D eigenvalue weighted by Crippen LogP contribution is -2.13. The number of phenols is 1. The molecule has 18 heavy (non-hydrogen) atoms. The Hall–Kier alpha value is -2.02. The maximum absolute atomic E-state index is 10.7. The van der Waals surface area contributed by atoms with Crippen molar-refractivity contribution in [3.63, 3.8) is 0 Å². The second-order valence-corrected chi connectivity index (χ2v) is 4.61. The van der Waals surface area contributed by atoms with E-state index in [4.69, 9.17) is 5.73 Å². The van der Waals surface area contributed by atoms with E-state index in [-0.39, 0.29) is 11.5 Å². The van der Waals surface area contributed by atoms with E-state index in [2.05, 4.69) is 10.2 Å². The van der Waals surface area contributed by atoms with Crippen molar-refractivity contribution in [1.29, 1.82) is 0 Å². The molecule has 0 aliphatic carbocycles. The standard InChI is InChI=1S/C11H12N4O2S/c1-15-10(7-2-4-8(16)5-3-7)13-14-11(15)18-6-9(12)17/h2-5,16H,6H2,1H3,(H2,12,17). The Morgan fingerprint density at radius 1 is 1.39 bits per heavy atom. The maximum atomic E-state index is 10.7. The average molecular weight is 264 g/mol. The van der Waals surface area contributed by atoms with Gasteiger partial charge in [0.2, 0.25) is 5.91 Å². The van der Waals surface area contributed by atoms with Crippen molar-refractivity contribution in [1.82, 2.24) is 14.8 Å². The summed E-state index contributed by atoms with van der Waals surface area (Å²) in [4.78, 5) is 10.7. The Balaban J connectivity index is 2.25.